The van der Waals surface area contributed by atoms with Crippen molar-refractivity contribution in [3.05, 3.63) is 83.9 Å². The van der Waals surface area contributed by atoms with Gasteiger partial charge in [-0.25, -0.2) is 13.4 Å². The molecule has 2 heterocycles. The van der Waals surface area contributed by atoms with E-state index in [0.717, 1.165) is 27.6 Å². The van der Waals surface area contributed by atoms with Crippen molar-refractivity contribution in [3.8, 4) is 11.3 Å². The predicted octanol–water partition coefficient (Wildman–Crippen LogP) is 4.54. The molecule has 150 valence electrons. The number of rotatable bonds is 2. The van der Waals surface area contributed by atoms with Crippen molar-refractivity contribution in [2.45, 2.75) is 18.2 Å². The van der Waals surface area contributed by atoms with Gasteiger partial charge in [0.2, 0.25) is 0 Å². The molecule has 0 unspecified atom stereocenters. The molecule has 0 amide bonds. The molecule has 5 nitrogen and oxygen atoms in total. The minimum absolute atomic E-state index is 0.248. The number of anilines is 2. The second-order valence-electron chi connectivity index (χ2n) is 7.54. The van der Waals surface area contributed by atoms with Crippen LogP contribution in [0, 0.1) is 6.92 Å². The number of pyridine rings is 1. The predicted molar refractivity (Wildman–Crippen MR) is 121 cm³/mol. The molecule has 4 aromatic rings. The summed E-state index contributed by atoms with van der Waals surface area (Å²) in [5.74, 6) is 0. The Balaban J connectivity index is 1.82. The fourth-order valence-electron chi connectivity index (χ4n) is 4.05. The molecular formula is C24H21N3O2S. The van der Waals surface area contributed by atoms with Gasteiger partial charge >= 0.3 is 0 Å². The van der Waals surface area contributed by atoms with E-state index < -0.39 is 10.0 Å². The van der Waals surface area contributed by atoms with E-state index in [2.05, 4.69) is 0 Å². The maximum absolute atomic E-state index is 13.7. The normalized spacial score (nSPS) is 13.6. The number of hydrogen-bond donors (Lipinski definition) is 1. The average Bonchev–Trinajstić information content (AvgIpc) is 2.92. The third-order valence-corrected chi connectivity index (χ3v) is 7.43. The zero-order valence-electron chi connectivity index (χ0n) is 16.5. The van der Waals surface area contributed by atoms with Crippen LogP contribution >= 0.6 is 0 Å². The topological polar surface area (TPSA) is 76.3 Å². The lowest BCUT2D eigenvalue weighted by Crippen LogP contribution is -2.33. The lowest BCUT2D eigenvalue weighted by atomic mass is 10.0. The average molecular weight is 416 g/mol. The number of nitrogen functional groups attached to an aromatic ring is 1. The molecular weight excluding hydrogens is 394 g/mol. The Kier molecular flexibility index (Phi) is 4.25. The third-order valence-electron chi connectivity index (χ3n) is 5.62. The number of hydrogen-bond acceptors (Lipinski definition) is 4. The van der Waals surface area contributed by atoms with Gasteiger partial charge in [-0.2, -0.15) is 0 Å². The smallest absolute Gasteiger partial charge is 0.264 e. The van der Waals surface area contributed by atoms with Gasteiger partial charge in [-0.3, -0.25) is 4.31 Å². The Morgan fingerprint density at radius 2 is 1.63 bits per heavy atom. The molecule has 1 aliphatic rings. The van der Waals surface area contributed by atoms with E-state index in [1.54, 1.807) is 12.1 Å². The summed E-state index contributed by atoms with van der Waals surface area (Å²) in [4.78, 5) is 5.11. The number of benzene rings is 3. The highest BCUT2D eigenvalue weighted by Crippen LogP contribution is 2.44. The standard InChI is InChI=1S/C24H21N3O2S/c1-16-10-12-18(13-11-16)30(28,29)27-15-14-17-6-2-3-7-19(17)23-24(27)22(25)20-8-4-5-9-21(20)26-23/h2-13H,14-15H2,1H3,(H2,25,26). The molecule has 0 radical (unpaired) electrons. The summed E-state index contributed by atoms with van der Waals surface area (Å²) < 4.78 is 28.8. The summed E-state index contributed by atoms with van der Waals surface area (Å²) in [5, 5.41) is 0.750. The van der Waals surface area contributed by atoms with Gasteiger partial charge in [0, 0.05) is 17.5 Å². The van der Waals surface area contributed by atoms with Crippen LogP contribution in [0.5, 0.6) is 0 Å². The van der Waals surface area contributed by atoms with E-state index in [4.69, 9.17) is 10.7 Å². The van der Waals surface area contributed by atoms with Crippen LogP contribution in [0.4, 0.5) is 11.4 Å². The van der Waals surface area contributed by atoms with Gasteiger partial charge in [0.25, 0.3) is 10.0 Å². The van der Waals surface area contributed by atoms with E-state index in [1.165, 1.54) is 4.31 Å². The molecule has 5 rings (SSSR count). The Morgan fingerprint density at radius 1 is 0.933 bits per heavy atom. The van der Waals surface area contributed by atoms with Crippen LogP contribution in [0.3, 0.4) is 0 Å². The van der Waals surface area contributed by atoms with Crippen LogP contribution in [0.15, 0.2) is 77.7 Å². The first-order valence-electron chi connectivity index (χ1n) is 9.83. The minimum Gasteiger partial charge on any atom is -0.396 e. The Morgan fingerprint density at radius 3 is 2.43 bits per heavy atom. The quantitative estimate of drug-likeness (QED) is 0.521. The van der Waals surface area contributed by atoms with Crippen molar-refractivity contribution in [3.63, 3.8) is 0 Å². The van der Waals surface area contributed by atoms with Gasteiger partial charge in [-0.1, -0.05) is 60.2 Å². The van der Waals surface area contributed by atoms with Gasteiger partial charge in [0.1, 0.15) is 5.69 Å². The number of aromatic nitrogens is 1. The molecule has 30 heavy (non-hydrogen) atoms. The van der Waals surface area contributed by atoms with E-state index in [9.17, 15) is 8.42 Å². The number of fused-ring (bicyclic) bond motifs is 4. The zero-order chi connectivity index (χ0) is 20.9. The molecule has 1 aliphatic heterocycles. The maximum atomic E-state index is 13.7. The summed E-state index contributed by atoms with van der Waals surface area (Å²) >= 11 is 0. The monoisotopic (exact) mass is 415 g/mol. The van der Waals surface area contributed by atoms with Gasteiger partial charge in [-0.15, -0.1) is 0 Å². The SMILES string of the molecule is Cc1ccc(S(=O)(=O)N2CCc3ccccc3-c3nc4ccccc4c(N)c32)cc1. The van der Waals surface area contributed by atoms with Crippen LogP contribution in [0.2, 0.25) is 0 Å². The van der Waals surface area contributed by atoms with E-state index in [1.807, 2.05) is 67.6 Å². The first-order valence-corrected chi connectivity index (χ1v) is 11.3. The van der Waals surface area contributed by atoms with Crippen LogP contribution in [0.1, 0.15) is 11.1 Å². The van der Waals surface area contributed by atoms with E-state index in [-0.39, 0.29) is 4.90 Å². The molecule has 0 saturated heterocycles. The molecule has 0 bridgehead atoms. The molecule has 0 saturated carbocycles. The van der Waals surface area contributed by atoms with Crippen molar-refractivity contribution in [2.75, 3.05) is 16.6 Å². The maximum Gasteiger partial charge on any atom is 0.264 e. The van der Waals surface area contributed by atoms with Gasteiger partial charge in [0.15, 0.2) is 0 Å². The van der Waals surface area contributed by atoms with Crippen molar-refractivity contribution in [2.24, 2.45) is 0 Å². The molecule has 0 aliphatic carbocycles. The lowest BCUT2D eigenvalue weighted by molar-refractivity contribution is 0.591. The number of sulfonamides is 1. The largest absolute Gasteiger partial charge is 0.396 e. The first kappa shape index (κ1) is 18.6. The molecule has 0 spiro atoms. The summed E-state index contributed by atoms with van der Waals surface area (Å²) in [5.41, 5.74) is 11.8. The fourth-order valence-corrected chi connectivity index (χ4v) is 5.54. The van der Waals surface area contributed by atoms with E-state index in [0.29, 0.717) is 30.0 Å². The minimum atomic E-state index is -3.81. The van der Waals surface area contributed by atoms with Crippen LogP contribution in [-0.4, -0.2) is 19.9 Å². The van der Waals surface area contributed by atoms with Crippen LogP contribution in [0.25, 0.3) is 22.2 Å². The van der Waals surface area contributed by atoms with Crippen molar-refractivity contribution in [1.29, 1.82) is 0 Å². The summed E-state index contributed by atoms with van der Waals surface area (Å²) in [6.07, 6.45) is 0.577. The Labute approximate surface area is 175 Å². The highest BCUT2D eigenvalue weighted by atomic mass is 32.2. The molecule has 6 heteroatoms. The summed E-state index contributed by atoms with van der Waals surface area (Å²) in [7, 11) is -3.81. The highest BCUT2D eigenvalue weighted by Gasteiger charge is 2.33. The van der Waals surface area contributed by atoms with Crippen molar-refractivity contribution in [1.82, 2.24) is 4.98 Å². The molecule has 0 atom stereocenters. The molecule has 1 aromatic heterocycles. The van der Waals surface area contributed by atoms with Gasteiger partial charge in [-0.05, 0) is 37.1 Å². The van der Waals surface area contributed by atoms with Gasteiger partial charge in [0.05, 0.1) is 21.8 Å². The summed E-state index contributed by atoms with van der Waals surface area (Å²) in [6, 6.07) is 22.4. The van der Waals surface area contributed by atoms with Crippen LogP contribution < -0.4 is 10.0 Å². The highest BCUT2D eigenvalue weighted by molar-refractivity contribution is 7.92. The fraction of sp³-hybridized carbons (Fsp3) is 0.125. The summed E-state index contributed by atoms with van der Waals surface area (Å²) in [6.45, 7) is 2.23. The Bertz CT molecular complexity index is 1380. The Hall–Kier alpha value is -3.38. The third kappa shape index (κ3) is 2.83. The lowest BCUT2D eigenvalue weighted by Gasteiger charge is -2.26. The van der Waals surface area contributed by atoms with E-state index >= 15 is 0 Å². The number of para-hydroxylation sites is 1. The second-order valence-corrected chi connectivity index (χ2v) is 9.40. The molecule has 3 aromatic carbocycles. The molecule has 2 N–H and O–H groups in total. The first-order chi connectivity index (χ1) is 14.5. The van der Waals surface area contributed by atoms with Gasteiger partial charge < -0.3 is 5.73 Å². The van der Waals surface area contributed by atoms with Crippen molar-refractivity contribution < 1.29 is 8.42 Å². The van der Waals surface area contributed by atoms with Crippen LogP contribution in [-0.2, 0) is 16.4 Å². The number of nitrogens with two attached hydrogens (primary N) is 1. The zero-order valence-corrected chi connectivity index (χ0v) is 17.4. The molecule has 0 fully saturated rings. The van der Waals surface area contributed by atoms with Crippen molar-refractivity contribution >= 4 is 32.3 Å². The second kappa shape index (κ2) is 6.85. The number of aryl methyl sites for hydroxylation is 1. The number of nitrogens with zero attached hydrogens (tertiary/aromatic N) is 2.